The zero-order chi connectivity index (χ0) is 18.4. The topological polar surface area (TPSA) is 72.9 Å². The molecule has 0 bridgehead atoms. The van der Waals surface area contributed by atoms with E-state index in [-0.39, 0.29) is 5.82 Å². The van der Waals surface area contributed by atoms with Crippen LogP contribution in [0.2, 0.25) is 0 Å². The molecule has 4 heterocycles. The molecule has 27 heavy (non-hydrogen) atoms. The van der Waals surface area contributed by atoms with Gasteiger partial charge in [-0.3, -0.25) is 4.98 Å². The highest BCUT2D eigenvalue weighted by atomic mass is 127. The first-order valence-corrected chi connectivity index (χ1v) is 9.12. The number of fused-ring (bicyclic) bond motifs is 2. The van der Waals surface area contributed by atoms with E-state index < -0.39 is 0 Å². The number of pyridine rings is 1. The zero-order valence-corrected chi connectivity index (χ0v) is 15.9. The van der Waals surface area contributed by atoms with E-state index in [1.807, 2.05) is 41.2 Å². The number of para-hydroxylation sites is 1. The van der Waals surface area contributed by atoms with Crippen molar-refractivity contribution in [3.05, 3.63) is 71.0 Å². The molecule has 0 radical (unpaired) electrons. The first-order chi connectivity index (χ1) is 13.2. The Hall–Kier alpha value is -3.08. The number of nitrogens with zero attached hydrogens (tertiary/aromatic N) is 6. The average molecular weight is 471 g/mol. The summed E-state index contributed by atoms with van der Waals surface area (Å²) < 4.78 is 18.2. The van der Waals surface area contributed by atoms with Gasteiger partial charge in [0, 0.05) is 40.4 Å². The normalized spacial score (nSPS) is 11.3. The maximum atomic E-state index is 14.0. The molecule has 7 nitrogen and oxygen atoms in total. The van der Waals surface area contributed by atoms with Crippen LogP contribution in [-0.4, -0.2) is 29.1 Å². The second kappa shape index (κ2) is 6.27. The lowest BCUT2D eigenvalue weighted by Crippen LogP contribution is -2.03. The molecule has 1 aromatic carbocycles. The summed E-state index contributed by atoms with van der Waals surface area (Å²) in [6.45, 7) is 0. The van der Waals surface area contributed by atoms with Crippen molar-refractivity contribution in [2.24, 2.45) is 0 Å². The van der Waals surface area contributed by atoms with E-state index in [1.54, 1.807) is 23.1 Å². The lowest BCUT2D eigenvalue weighted by Gasteiger charge is -2.07. The number of aromatic nitrogens is 6. The number of rotatable bonds is 3. The third-order valence-corrected chi connectivity index (χ3v) is 4.63. The maximum Gasteiger partial charge on any atom is 0.212 e. The summed E-state index contributed by atoms with van der Waals surface area (Å²) in [7, 11) is 0. The first kappa shape index (κ1) is 16.1. The van der Waals surface area contributed by atoms with Crippen LogP contribution in [0.1, 0.15) is 0 Å². The largest absolute Gasteiger partial charge is 0.322 e. The van der Waals surface area contributed by atoms with Gasteiger partial charge in [-0.1, -0.05) is 12.1 Å². The molecule has 132 valence electrons. The van der Waals surface area contributed by atoms with Crippen LogP contribution in [0.25, 0.3) is 22.1 Å². The molecule has 0 spiro atoms. The Bertz CT molecular complexity index is 1290. The third-order valence-electron chi connectivity index (χ3n) is 4.17. The first-order valence-electron chi connectivity index (χ1n) is 8.04. The molecule has 0 saturated heterocycles. The third kappa shape index (κ3) is 2.79. The molecular formula is C18H11FIN7. The van der Waals surface area contributed by atoms with Gasteiger partial charge in [-0.05, 0) is 24.3 Å². The Morgan fingerprint density at radius 3 is 2.93 bits per heavy atom. The van der Waals surface area contributed by atoms with Crippen molar-refractivity contribution < 1.29 is 4.39 Å². The molecule has 5 aromatic rings. The predicted molar refractivity (Wildman–Crippen MR) is 108 cm³/mol. The molecule has 4 aromatic heterocycles. The Morgan fingerprint density at radius 1 is 1.07 bits per heavy atom. The van der Waals surface area contributed by atoms with Crippen LogP contribution in [0.4, 0.5) is 16.0 Å². The Balaban J connectivity index is 1.56. The molecule has 0 aliphatic carbocycles. The van der Waals surface area contributed by atoms with Gasteiger partial charge in [0.25, 0.3) is 0 Å². The molecule has 9 heteroatoms. The Kier molecular flexibility index (Phi) is 3.74. The van der Waals surface area contributed by atoms with Crippen LogP contribution < -0.4 is 5.32 Å². The van der Waals surface area contributed by atoms with Crippen LogP contribution in [0, 0.1) is 9.65 Å². The molecule has 0 saturated carbocycles. The summed E-state index contributed by atoms with van der Waals surface area (Å²) in [6, 6.07) is 10.6. The predicted octanol–water partition coefficient (Wildman–Crippen LogP) is 3.95. The van der Waals surface area contributed by atoms with E-state index >= 15 is 0 Å². The summed E-state index contributed by atoms with van der Waals surface area (Å²) in [5, 5.41) is 8.26. The van der Waals surface area contributed by atoms with Gasteiger partial charge in [0.15, 0.2) is 5.82 Å². The van der Waals surface area contributed by atoms with E-state index in [2.05, 4.69) is 48.0 Å². The molecule has 0 aliphatic heterocycles. The average Bonchev–Trinajstić information content (AvgIpc) is 3.31. The minimum atomic E-state index is -0.348. The van der Waals surface area contributed by atoms with E-state index in [0.29, 0.717) is 26.4 Å². The van der Waals surface area contributed by atoms with Crippen molar-refractivity contribution in [2.75, 3.05) is 5.32 Å². The summed E-state index contributed by atoms with van der Waals surface area (Å²) in [5.74, 6) is 0.934. The smallest absolute Gasteiger partial charge is 0.212 e. The lowest BCUT2D eigenvalue weighted by atomic mass is 10.2. The van der Waals surface area contributed by atoms with Gasteiger partial charge in [0.2, 0.25) is 3.83 Å². The molecule has 0 atom stereocenters. The summed E-state index contributed by atoms with van der Waals surface area (Å²) in [4.78, 5) is 13.0. The summed E-state index contributed by atoms with van der Waals surface area (Å²) in [6.07, 6.45) is 6.95. The van der Waals surface area contributed by atoms with Crippen molar-refractivity contribution >= 4 is 50.6 Å². The second-order valence-corrected chi connectivity index (χ2v) is 6.79. The lowest BCUT2D eigenvalue weighted by molar-refractivity contribution is 0.636. The van der Waals surface area contributed by atoms with E-state index in [9.17, 15) is 4.39 Å². The number of benzene rings is 1. The van der Waals surface area contributed by atoms with Crippen molar-refractivity contribution in [2.45, 2.75) is 0 Å². The van der Waals surface area contributed by atoms with Gasteiger partial charge >= 0.3 is 0 Å². The molecule has 5 rings (SSSR count). The summed E-state index contributed by atoms with van der Waals surface area (Å²) in [5.41, 5.74) is 1.98. The van der Waals surface area contributed by atoms with E-state index in [4.69, 9.17) is 0 Å². The van der Waals surface area contributed by atoms with Crippen LogP contribution in [0.15, 0.2) is 61.3 Å². The molecule has 1 N–H and O–H groups in total. The van der Waals surface area contributed by atoms with Crippen molar-refractivity contribution in [1.82, 2.24) is 29.1 Å². The van der Waals surface area contributed by atoms with Crippen LogP contribution in [-0.2, 0) is 0 Å². The summed E-state index contributed by atoms with van der Waals surface area (Å²) >= 11 is 2.07. The monoisotopic (exact) mass is 471 g/mol. The van der Waals surface area contributed by atoms with Gasteiger partial charge in [0.05, 0.1) is 11.9 Å². The number of hydrogen-bond acceptors (Lipinski definition) is 5. The van der Waals surface area contributed by atoms with Crippen molar-refractivity contribution in [1.29, 1.82) is 0 Å². The molecular weight excluding hydrogens is 460 g/mol. The zero-order valence-electron chi connectivity index (χ0n) is 13.7. The molecule has 0 amide bonds. The number of hydrogen-bond donors (Lipinski definition) is 1. The van der Waals surface area contributed by atoms with Crippen LogP contribution in [0.3, 0.4) is 0 Å². The van der Waals surface area contributed by atoms with Gasteiger partial charge in [-0.15, -0.1) is 5.10 Å². The number of halogens is 2. The second-order valence-electron chi connectivity index (χ2n) is 5.82. The number of nitrogens with one attached hydrogen (secondary N) is 1. The highest BCUT2D eigenvalue weighted by Gasteiger charge is 2.11. The fraction of sp³-hybridized carbons (Fsp3) is 0. The van der Waals surface area contributed by atoms with Gasteiger partial charge in [-0.25, -0.2) is 18.9 Å². The minimum Gasteiger partial charge on any atom is -0.322 e. The van der Waals surface area contributed by atoms with Crippen LogP contribution >= 0.6 is 22.6 Å². The molecule has 0 fully saturated rings. The van der Waals surface area contributed by atoms with E-state index in [1.165, 1.54) is 6.07 Å². The highest BCUT2D eigenvalue weighted by Crippen LogP contribution is 2.25. The van der Waals surface area contributed by atoms with E-state index in [0.717, 1.165) is 11.2 Å². The Morgan fingerprint density at radius 2 is 2.00 bits per heavy atom. The SMILES string of the molecule is Fc1cccc2c(-n3cnc(Nc4nc(I)nn5cccc45)c3)ccnc12. The fourth-order valence-corrected chi connectivity index (χ4v) is 3.46. The van der Waals surface area contributed by atoms with Gasteiger partial charge < -0.3 is 9.88 Å². The maximum absolute atomic E-state index is 14.0. The Labute approximate surface area is 166 Å². The fourth-order valence-electron chi connectivity index (χ4n) is 2.99. The molecule has 0 unspecified atom stereocenters. The van der Waals surface area contributed by atoms with Crippen molar-refractivity contribution in [3.8, 4) is 5.69 Å². The standard InChI is InChI=1S/C18H11FIN7/c19-12-4-1-3-11-13(6-7-21-16(11)12)26-9-15(22-10-26)23-17-14-5-2-8-27(14)25-18(20)24-17/h1-10H,(H,23,24,25). The highest BCUT2D eigenvalue weighted by molar-refractivity contribution is 14.1. The minimum absolute atomic E-state index is 0.332. The van der Waals surface area contributed by atoms with Crippen LogP contribution in [0.5, 0.6) is 0 Å². The molecule has 0 aliphatic rings. The van der Waals surface area contributed by atoms with Gasteiger partial charge in [-0.2, -0.15) is 0 Å². The number of imidazole rings is 1. The quantitative estimate of drug-likeness (QED) is 0.404. The number of anilines is 2. The van der Waals surface area contributed by atoms with Crippen molar-refractivity contribution in [3.63, 3.8) is 0 Å². The van der Waals surface area contributed by atoms with Gasteiger partial charge in [0.1, 0.15) is 29.0 Å².